The molecule has 0 aromatic carbocycles. The minimum atomic E-state index is -3.46. The smallest absolute Gasteiger partial charge is 0.310 e. The largest absolute Gasteiger partial charge is 0.466 e. The lowest BCUT2D eigenvalue weighted by molar-refractivity contribution is -0.155. The highest BCUT2D eigenvalue weighted by Gasteiger charge is 2.50. The molecule has 3 saturated carbocycles. The Labute approximate surface area is 127 Å². The summed E-state index contributed by atoms with van der Waals surface area (Å²) in [5.74, 6) is -0.0636. The molecule has 1 N–H and O–H groups in total. The summed E-state index contributed by atoms with van der Waals surface area (Å²) in [6.07, 6.45) is 4.00. The standard InChI is InChI=1S/C15H27NO4S/c1-5-20-14(17)12-10-6-8-11(9-7-10)13(12)16-21(18,19)15(2,3)4/h10-13,16H,5-9H2,1-4H3/t10?,11?,12-,13-/m0/s1. The average molecular weight is 317 g/mol. The van der Waals surface area contributed by atoms with Gasteiger partial charge in [-0.1, -0.05) is 0 Å². The van der Waals surface area contributed by atoms with Gasteiger partial charge in [0.2, 0.25) is 10.0 Å². The molecule has 0 radical (unpaired) electrons. The third-order valence-electron chi connectivity index (χ3n) is 4.88. The molecule has 122 valence electrons. The molecule has 0 saturated heterocycles. The minimum absolute atomic E-state index is 0.242. The first-order chi connectivity index (χ1) is 9.67. The molecule has 0 spiro atoms. The Kier molecular flexibility index (Phi) is 4.69. The fourth-order valence-corrected chi connectivity index (χ4v) is 4.60. The molecule has 2 bridgehead atoms. The van der Waals surface area contributed by atoms with Gasteiger partial charge in [-0.3, -0.25) is 4.79 Å². The van der Waals surface area contributed by atoms with Gasteiger partial charge in [-0.2, -0.15) is 0 Å². The number of hydrogen-bond donors (Lipinski definition) is 1. The summed E-state index contributed by atoms with van der Waals surface area (Å²) in [4.78, 5) is 12.3. The van der Waals surface area contributed by atoms with Crippen molar-refractivity contribution in [3.63, 3.8) is 0 Å². The highest BCUT2D eigenvalue weighted by Crippen LogP contribution is 2.46. The molecular weight excluding hydrogens is 290 g/mol. The number of esters is 1. The van der Waals surface area contributed by atoms with Gasteiger partial charge in [0, 0.05) is 6.04 Å². The number of ether oxygens (including phenoxy) is 1. The van der Waals surface area contributed by atoms with E-state index in [9.17, 15) is 13.2 Å². The van der Waals surface area contributed by atoms with E-state index in [-0.39, 0.29) is 29.8 Å². The number of fused-ring (bicyclic) bond motifs is 3. The van der Waals surface area contributed by atoms with E-state index in [1.165, 1.54) is 0 Å². The minimum Gasteiger partial charge on any atom is -0.466 e. The zero-order valence-corrected chi connectivity index (χ0v) is 14.2. The lowest BCUT2D eigenvalue weighted by atomic mass is 9.62. The molecule has 3 aliphatic carbocycles. The van der Waals surface area contributed by atoms with E-state index in [4.69, 9.17) is 4.74 Å². The van der Waals surface area contributed by atoms with Crippen LogP contribution in [0.3, 0.4) is 0 Å². The predicted octanol–water partition coefficient (Wildman–Crippen LogP) is 2.07. The van der Waals surface area contributed by atoms with Gasteiger partial charge in [-0.05, 0) is 65.2 Å². The van der Waals surface area contributed by atoms with E-state index in [0.29, 0.717) is 6.61 Å². The highest BCUT2D eigenvalue weighted by atomic mass is 32.2. The van der Waals surface area contributed by atoms with Crippen LogP contribution < -0.4 is 4.72 Å². The van der Waals surface area contributed by atoms with Crippen molar-refractivity contribution in [1.29, 1.82) is 0 Å². The summed E-state index contributed by atoms with van der Waals surface area (Å²) in [6, 6.07) is -0.305. The molecule has 0 heterocycles. The lowest BCUT2D eigenvalue weighted by Gasteiger charge is -2.47. The van der Waals surface area contributed by atoms with Crippen LogP contribution in [0.25, 0.3) is 0 Å². The Balaban J connectivity index is 2.24. The molecule has 0 aromatic rings. The fraction of sp³-hybridized carbons (Fsp3) is 0.933. The first kappa shape index (κ1) is 16.7. The molecule has 0 amide bonds. The van der Waals surface area contributed by atoms with E-state index >= 15 is 0 Å². The van der Waals surface area contributed by atoms with E-state index in [2.05, 4.69) is 4.72 Å². The van der Waals surface area contributed by atoms with E-state index in [0.717, 1.165) is 25.7 Å². The van der Waals surface area contributed by atoms with Gasteiger partial charge in [-0.25, -0.2) is 13.1 Å². The van der Waals surface area contributed by atoms with Crippen molar-refractivity contribution in [2.24, 2.45) is 17.8 Å². The number of carbonyl (C=O) groups is 1. The van der Waals surface area contributed by atoms with Crippen LogP contribution in [-0.4, -0.2) is 31.8 Å². The quantitative estimate of drug-likeness (QED) is 0.806. The van der Waals surface area contributed by atoms with Gasteiger partial charge in [0.15, 0.2) is 0 Å². The molecule has 3 fully saturated rings. The summed E-state index contributed by atoms with van der Waals surface area (Å²) in [6.45, 7) is 7.15. The van der Waals surface area contributed by atoms with Crippen LogP contribution in [0.1, 0.15) is 53.4 Å². The van der Waals surface area contributed by atoms with Crippen LogP contribution in [0.5, 0.6) is 0 Å². The molecule has 3 rings (SSSR count). The highest BCUT2D eigenvalue weighted by molar-refractivity contribution is 7.90. The maximum Gasteiger partial charge on any atom is 0.310 e. The molecule has 0 aliphatic heterocycles. The Morgan fingerprint density at radius 1 is 1.14 bits per heavy atom. The molecule has 0 unspecified atom stereocenters. The van der Waals surface area contributed by atoms with Crippen LogP contribution in [0, 0.1) is 17.8 Å². The number of nitrogens with one attached hydrogen (secondary N) is 1. The molecule has 5 nitrogen and oxygen atoms in total. The molecule has 0 aromatic heterocycles. The number of hydrogen-bond acceptors (Lipinski definition) is 4. The van der Waals surface area contributed by atoms with Gasteiger partial charge >= 0.3 is 5.97 Å². The normalized spacial score (nSPS) is 33.0. The Morgan fingerprint density at radius 3 is 2.14 bits per heavy atom. The van der Waals surface area contributed by atoms with Crippen molar-refractivity contribution in [2.75, 3.05) is 6.61 Å². The van der Waals surface area contributed by atoms with Crippen molar-refractivity contribution >= 4 is 16.0 Å². The van der Waals surface area contributed by atoms with Gasteiger partial charge in [0.25, 0.3) is 0 Å². The maximum atomic E-state index is 12.5. The van der Waals surface area contributed by atoms with Crippen molar-refractivity contribution in [1.82, 2.24) is 4.72 Å². The van der Waals surface area contributed by atoms with Crippen molar-refractivity contribution < 1.29 is 17.9 Å². The van der Waals surface area contributed by atoms with Crippen LogP contribution in [-0.2, 0) is 19.6 Å². The number of carbonyl (C=O) groups excluding carboxylic acids is 1. The second kappa shape index (κ2) is 5.88. The maximum absolute atomic E-state index is 12.5. The van der Waals surface area contributed by atoms with E-state index in [1.54, 1.807) is 27.7 Å². The van der Waals surface area contributed by atoms with Crippen molar-refractivity contribution in [3.8, 4) is 0 Å². The first-order valence-corrected chi connectivity index (χ1v) is 9.34. The van der Waals surface area contributed by atoms with Crippen LogP contribution >= 0.6 is 0 Å². The third-order valence-corrected chi connectivity index (χ3v) is 7.07. The summed E-state index contributed by atoms with van der Waals surface area (Å²) in [5, 5.41) is 0. The summed E-state index contributed by atoms with van der Waals surface area (Å²) >= 11 is 0. The number of sulfonamides is 1. The van der Waals surface area contributed by atoms with Gasteiger partial charge < -0.3 is 4.74 Å². The predicted molar refractivity (Wildman–Crippen MR) is 81.2 cm³/mol. The second-order valence-corrected chi connectivity index (χ2v) is 9.68. The van der Waals surface area contributed by atoms with Crippen LogP contribution in [0.4, 0.5) is 0 Å². The molecule has 6 heteroatoms. The fourth-order valence-electron chi connectivity index (χ4n) is 3.55. The van der Waals surface area contributed by atoms with Crippen LogP contribution in [0.2, 0.25) is 0 Å². The van der Waals surface area contributed by atoms with Gasteiger partial charge in [-0.15, -0.1) is 0 Å². The summed E-state index contributed by atoms with van der Waals surface area (Å²) in [7, 11) is -3.46. The monoisotopic (exact) mass is 317 g/mol. The van der Waals surface area contributed by atoms with Gasteiger partial charge in [0.1, 0.15) is 0 Å². The Hall–Kier alpha value is -0.620. The molecule has 3 aliphatic rings. The third kappa shape index (κ3) is 3.26. The SMILES string of the molecule is CCOC(=O)[C@H]1C2CCC(CC2)[C@@H]1NS(=O)(=O)C(C)(C)C. The average Bonchev–Trinajstić information content (AvgIpc) is 2.38. The topological polar surface area (TPSA) is 72.5 Å². The lowest BCUT2D eigenvalue weighted by Crippen LogP contribution is -2.58. The molecule has 2 atom stereocenters. The van der Waals surface area contributed by atoms with Crippen LogP contribution in [0.15, 0.2) is 0 Å². The number of rotatable bonds is 4. The van der Waals surface area contributed by atoms with Gasteiger partial charge in [0.05, 0.1) is 17.3 Å². The summed E-state index contributed by atoms with van der Waals surface area (Å²) < 4.78 is 32.1. The zero-order chi connectivity index (χ0) is 15.8. The molecule has 21 heavy (non-hydrogen) atoms. The molecular formula is C15H27NO4S. The van der Waals surface area contributed by atoms with Crippen molar-refractivity contribution in [2.45, 2.75) is 64.2 Å². The van der Waals surface area contributed by atoms with E-state index in [1.807, 2.05) is 0 Å². The first-order valence-electron chi connectivity index (χ1n) is 7.86. The zero-order valence-electron chi connectivity index (χ0n) is 13.4. The Bertz CT molecular complexity index is 486. The Morgan fingerprint density at radius 2 is 1.67 bits per heavy atom. The summed E-state index contributed by atoms with van der Waals surface area (Å²) in [5.41, 5.74) is 0. The van der Waals surface area contributed by atoms with E-state index < -0.39 is 14.8 Å². The van der Waals surface area contributed by atoms with Crippen molar-refractivity contribution in [3.05, 3.63) is 0 Å². The second-order valence-electron chi connectivity index (χ2n) is 7.21.